The van der Waals surface area contributed by atoms with Crippen molar-refractivity contribution >= 4 is 12.2 Å². The maximum absolute atomic E-state index is 11.8. The maximum Gasteiger partial charge on any atom is 0.328 e. The number of aliphatic hydroxyl groups excluding tert-OH is 2. The Balaban J connectivity index is 2.52. The zero-order chi connectivity index (χ0) is 14.2. The van der Waals surface area contributed by atoms with Crippen molar-refractivity contribution in [3.8, 4) is 12.3 Å². The molecule has 1 aliphatic heterocycles. The molecule has 2 rings (SSSR count). The van der Waals surface area contributed by atoms with Gasteiger partial charge in [-0.15, -0.1) is 6.42 Å². The molecular formula is C11H12N2O5S. The van der Waals surface area contributed by atoms with E-state index < -0.39 is 36.3 Å². The van der Waals surface area contributed by atoms with Gasteiger partial charge in [-0.1, -0.05) is 18.1 Å². The highest BCUT2D eigenvalue weighted by Gasteiger charge is 2.55. The smallest absolute Gasteiger partial charge is 0.328 e. The van der Waals surface area contributed by atoms with Crippen LogP contribution in [0.15, 0.2) is 17.1 Å². The first-order valence-corrected chi connectivity index (χ1v) is 5.81. The van der Waals surface area contributed by atoms with Gasteiger partial charge in [0.25, 0.3) is 0 Å². The molecule has 0 bridgehead atoms. The highest BCUT2D eigenvalue weighted by Crippen LogP contribution is 2.37. The van der Waals surface area contributed by atoms with Gasteiger partial charge < -0.3 is 20.1 Å². The summed E-state index contributed by atoms with van der Waals surface area (Å²) in [4.78, 5) is 14.1. The molecular weight excluding hydrogens is 272 g/mol. The van der Waals surface area contributed by atoms with E-state index in [1.165, 1.54) is 12.3 Å². The summed E-state index contributed by atoms with van der Waals surface area (Å²) in [5.41, 5.74) is -2.76. The molecule has 4 N–H and O–H groups in total. The molecule has 8 heteroatoms. The van der Waals surface area contributed by atoms with Crippen molar-refractivity contribution in [1.29, 1.82) is 0 Å². The minimum atomic E-state index is -2.12. The lowest BCUT2D eigenvalue weighted by atomic mass is 9.95. The van der Waals surface area contributed by atoms with Gasteiger partial charge in [-0.2, -0.15) is 0 Å². The number of aromatic nitrogens is 2. The van der Waals surface area contributed by atoms with Gasteiger partial charge in [0.1, 0.15) is 16.8 Å². The second kappa shape index (κ2) is 4.88. The number of aliphatic hydroxyl groups is 3. The van der Waals surface area contributed by atoms with Crippen LogP contribution in [0.3, 0.4) is 0 Å². The topological polar surface area (TPSA) is 108 Å². The molecule has 1 aromatic heterocycles. The van der Waals surface area contributed by atoms with Crippen LogP contribution >= 0.6 is 12.2 Å². The molecule has 0 aliphatic carbocycles. The summed E-state index contributed by atoms with van der Waals surface area (Å²) in [6.45, 7) is -0.542. The van der Waals surface area contributed by atoms with Crippen LogP contribution in [0.2, 0.25) is 0 Å². The van der Waals surface area contributed by atoms with Crippen molar-refractivity contribution in [3.63, 3.8) is 0 Å². The molecule has 7 nitrogen and oxygen atoms in total. The number of nitrogens with zero attached hydrogens (tertiary/aromatic N) is 1. The third-order valence-corrected chi connectivity index (χ3v) is 3.24. The van der Waals surface area contributed by atoms with Crippen LogP contribution in [0.25, 0.3) is 0 Å². The summed E-state index contributed by atoms with van der Waals surface area (Å²) in [5, 5.41) is 29.2. The van der Waals surface area contributed by atoms with Crippen LogP contribution in [0.1, 0.15) is 6.23 Å². The van der Waals surface area contributed by atoms with Gasteiger partial charge in [0, 0.05) is 6.20 Å². The largest absolute Gasteiger partial charge is 0.394 e. The SMILES string of the molecule is C#C[C@@]1(O)C(O)[C@@H](CO)O[C@H]1n1ccc(=S)[nH]c1=O. The molecule has 0 saturated carbocycles. The van der Waals surface area contributed by atoms with E-state index in [0.29, 0.717) is 0 Å². The first kappa shape index (κ1) is 13.9. The number of ether oxygens (including phenoxy) is 1. The fourth-order valence-electron chi connectivity index (χ4n) is 1.96. The number of hydrogen-bond acceptors (Lipinski definition) is 6. The fraction of sp³-hybridized carbons (Fsp3) is 0.455. The number of rotatable bonds is 2. The van der Waals surface area contributed by atoms with Crippen LogP contribution in [0.5, 0.6) is 0 Å². The number of terminal acetylenes is 1. The summed E-state index contributed by atoms with van der Waals surface area (Å²) >= 11 is 4.79. The number of nitrogens with one attached hydrogen (secondary N) is 1. The molecule has 4 atom stereocenters. The van der Waals surface area contributed by atoms with Crippen LogP contribution in [0, 0.1) is 17.0 Å². The van der Waals surface area contributed by atoms with E-state index in [4.69, 9.17) is 28.5 Å². The van der Waals surface area contributed by atoms with E-state index in [2.05, 4.69) is 4.98 Å². The summed E-state index contributed by atoms with van der Waals surface area (Å²) in [5.74, 6) is 2.01. The lowest BCUT2D eigenvalue weighted by molar-refractivity contribution is -0.0764. The Hall–Kier alpha value is -1.50. The molecule has 102 valence electrons. The zero-order valence-electron chi connectivity index (χ0n) is 9.68. The minimum Gasteiger partial charge on any atom is -0.394 e. The van der Waals surface area contributed by atoms with Crippen molar-refractivity contribution in [3.05, 3.63) is 27.4 Å². The van der Waals surface area contributed by atoms with E-state index in [1.807, 2.05) is 5.92 Å². The van der Waals surface area contributed by atoms with Crippen LogP contribution in [-0.2, 0) is 4.74 Å². The predicted octanol–water partition coefficient (Wildman–Crippen LogP) is -1.48. The second-order valence-electron chi connectivity index (χ2n) is 4.14. The van der Waals surface area contributed by atoms with Crippen molar-refractivity contribution in [1.82, 2.24) is 9.55 Å². The quantitative estimate of drug-likeness (QED) is 0.390. The van der Waals surface area contributed by atoms with Crippen LogP contribution in [0.4, 0.5) is 0 Å². The van der Waals surface area contributed by atoms with Gasteiger partial charge >= 0.3 is 5.69 Å². The molecule has 19 heavy (non-hydrogen) atoms. The van der Waals surface area contributed by atoms with Crippen LogP contribution in [-0.4, -0.2) is 49.3 Å². The Morgan fingerprint density at radius 1 is 1.68 bits per heavy atom. The molecule has 1 fully saturated rings. The van der Waals surface area contributed by atoms with Crippen molar-refractivity contribution in [2.45, 2.75) is 24.0 Å². The van der Waals surface area contributed by atoms with Gasteiger partial charge in [-0.3, -0.25) is 9.55 Å². The van der Waals surface area contributed by atoms with E-state index in [1.54, 1.807) is 0 Å². The molecule has 1 unspecified atom stereocenters. The molecule has 0 radical (unpaired) electrons. The third-order valence-electron chi connectivity index (χ3n) is 3.00. The van der Waals surface area contributed by atoms with Gasteiger partial charge in [0.15, 0.2) is 11.8 Å². The van der Waals surface area contributed by atoms with Crippen molar-refractivity contribution in [2.24, 2.45) is 0 Å². The summed E-state index contributed by atoms with van der Waals surface area (Å²) in [7, 11) is 0. The van der Waals surface area contributed by atoms with E-state index >= 15 is 0 Å². The lowest BCUT2D eigenvalue weighted by Crippen LogP contribution is -2.47. The molecule has 2 heterocycles. The molecule has 1 saturated heterocycles. The first-order chi connectivity index (χ1) is 8.93. The molecule has 0 aromatic carbocycles. The average molecular weight is 284 g/mol. The van der Waals surface area contributed by atoms with Crippen molar-refractivity contribution < 1.29 is 20.1 Å². The van der Waals surface area contributed by atoms with Crippen molar-refractivity contribution in [2.75, 3.05) is 6.61 Å². The van der Waals surface area contributed by atoms with Gasteiger partial charge in [0.2, 0.25) is 0 Å². The summed E-state index contributed by atoms with van der Waals surface area (Å²) in [6, 6.07) is 1.41. The monoisotopic (exact) mass is 284 g/mol. The normalized spacial score (nSPS) is 34.1. The minimum absolute atomic E-state index is 0.211. The van der Waals surface area contributed by atoms with Gasteiger partial charge in [0.05, 0.1) is 6.61 Å². The highest BCUT2D eigenvalue weighted by atomic mass is 32.1. The molecule has 1 aliphatic rings. The lowest BCUT2D eigenvalue weighted by Gasteiger charge is -2.26. The summed E-state index contributed by atoms with van der Waals surface area (Å²) < 4.78 is 6.44. The number of H-pyrrole nitrogens is 1. The maximum atomic E-state index is 11.8. The standard InChI is InChI=1S/C11H12N2O5S/c1-2-11(17)8(15)6(5-14)18-9(11)13-4-3-7(19)12-10(13)16/h1,3-4,6,8-9,14-15,17H,5H2,(H,12,16,19)/t6-,8?,9-,11-/m1/s1. The fourth-order valence-corrected chi connectivity index (χ4v) is 2.11. The molecule has 0 amide bonds. The van der Waals surface area contributed by atoms with Gasteiger partial charge in [-0.25, -0.2) is 4.79 Å². The zero-order valence-corrected chi connectivity index (χ0v) is 10.5. The Bertz CT molecular complexity index is 633. The Morgan fingerprint density at radius 2 is 2.37 bits per heavy atom. The second-order valence-corrected chi connectivity index (χ2v) is 4.58. The Labute approximate surface area is 113 Å². The Kier molecular flexibility index (Phi) is 3.58. The number of aromatic amines is 1. The average Bonchev–Trinajstić information content (AvgIpc) is 2.63. The van der Waals surface area contributed by atoms with Crippen LogP contribution < -0.4 is 5.69 Å². The van der Waals surface area contributed by atoms with E-state index in [0.717, 1.165) is 4.57 Å². The van der Waals surface area contributed by atoms with E-state index in [9.17, 15) is 15.0 Å². The number of hydrogen-bond donors (Lipinski definition) is 4. The predicted molar refractivity (Wildman–Crippen MR) is 66.7 cm³/mol. The third kappa shape index (κ3) is 2.11. The first-order valence-electron chi connectivity index (χ1n) is 5.40. The Morgan fingerprint density at radius 3 is 2.89 bits per heavy atom. The highest BCUT2D eigenvalue weighted by molar-refractivity contribution is 7.71. The van der Waals surface area contributed by atoms with E-state index in [-0.39, 0.29) is 4.64 Å². The summed E-state index contributed by atoms with van der Waals surface area (Å²) in [6.07, 6.45) is 2.60. The molecule has 1 aromatic rings. The van der Waals surface area contributed by atoms with Gasteiger partial charge in [-0.05, 0) is 6.07 Å². The molecule has 0 spiro atoms.